The van der Waals surface area contributed by atoms with Crippen LogP contribution in [0.4, 0.5) is 13.2 Å². The number of hydrogen-bond acceptors (Lipinski definition) is 2. The van der Waals surface area contributed by atoms with Crippen molar-refractivity contribution in [2.45, 2.75) is 70.8 Å². The Labute approximate surface area is 190 Å². The van der Waals surface area contributed by atoms with Crippen molar-refractivity contribution in [3.05, 3.63) is 75.9 Å². The second-order valence-corrected chi connectivity index (χ2v) is 9.24. The van der Waals surface area contributed by atoms with Gasteiger partial charge in [-0.3, -0.25) is 9.89 Å². The van der Waals surface area contributed by atoms with Crippen LogP contribution in [0.3, 0.4) is 0 Å². The van der Waals surface area contributed by atoms with Gasteiger partial charge in [0.1, 0.15) is 0 Å². The number of benzene rings is 1. The fourth-order valence-electron chi connectivity index (χ4n) is 5.12. The Balaban J connectivity index is 1.44. The average molecular weight is 457 g/mol. The van der Waals surface area contributed by atoms with Crippen molar-refractivity contribution in [2.75, 3.05) is 0 Å². The minimum atomic E-state index is -4.42. The number of carbonyl (C=O) groups excluding carboxylic acids is 1. The molecule has 5 nitrogen and oxygen atoms in total. The summed E-state index contributed by atoms with van der Waals surface area (Å²) in [5, 5.41) is 7.19. The molecule has 174 valence electrons. The normalized spacial score (nSPS) is 18.3. The number of fused-ring (bicyclic) bond motifs is 1. The standard InChI is InChI=1S/C25H27F3N4O/c1-15-11-21(16(2)31(15)14-17-5-3-4-6-22(17)25(26,27)28)24(33)32(19-7-8-19)20-9-10-23-18(12-20)13-29-30-23/h3-6,11,13,19-20H,7-10,12,14H2,1-2H3,(H,29,30). The number of rotatable bonds is 5. The number of aryl methyl sites for hydroxylation is 2. The third kappa shape index (κ3) is 4.07. The highest BCUT2D eigenvalue weighted by Crippen LogP contribution is 2.36. The van der Waals surface area contributed by atoms with E-state index in [9.17, 15) is 18.0 Å². The van der Waals surface area contributed by atoms with Crippen LogP contribution in [0.15, 0.2) is 36.5 Å². The van der Waals surface area contributed by atoms with Crippen LogP contribution in [0.5, 0.6) is 0 Å². The van der Waals surface area contributed by atoms with E-state index in [1.807, 2.05) is 35.6 Å². The number of halogens is 3. The van der Waals surface area contributed by atoms with Crippen molar-refractivity contribution < 1.29 is 18.0 Å². The van der Waals surface area contributed by atoms with Gasteiger partial charge in [0, 0.05) is 35.7 Å². The van der Waals surface area contributed by atoms with E-state index in [1.54, 1.807) is 6.07 Å². The Morgan fingerprint density at radius 2 is 1.94 bits per heavy atom. The number of aromatic amines is 1. The molecule has 0 saturated heterocycles. The molecule has 2 aliphatic carbocycles. The molecule has 1 atom stereocenters. The van der Waals surface area contributed by atoms with E-state index < -0.39 is 11.7 Å². The SMILES string of the molecule is Cc1cc(C(=O)N(C2CC2)C2CCc3[nH]ncc3C2)c(C)n1Cc1ccccc1C(F)(F)F. The van der Waals surface area contributed by atoms with E-state index in [0.29, 0.717) is 11.3 Å². The predicted molar refractivity (Wildman–Crippen MR) is 118 cm³/mol. The predicted octanol–water partition coefficient (Wildman–Crippen LogP) is 5.06. The molecule has 0 radical (unpaired) electrons. The van der Waals surface area contributed by atoms with Crippen LogP contribution in [0, 0.1) is 13.8 Å². The molecule has 1 fully saturated rings. The molecule has 1 amide bonds. The van der Waals surface area contributed by atoms with Gasteiger partial charge in [0.05, 0.1) is 17.3 Å². The summed E-state index contributed by atoms with van der Waals surface area (Å²) < 4.78 is 42.3. The van der Waals surface area contributed by atoms with E-state index in [4.69, 9.17) is 0 Å². The smallest absolute Gasteiger partial charge is 0.344 e. The third-order valence-electron chi connectivity index (χ3n) is 7.01. The second kappa shape index (κ2) is 8.08. The van der Waals surface area contributed by atoms with Gasteiger partial charge in [0.15, 0.2) is 0 Å². The molecule has 3 aromatic rings. The molecule has 1 saturated carbocycles. The van der Waals surface area contributed by atoms with Crippen molar-refractivity contribution >= 4 is 5.91 Å². The number of nitrogens with zero attached hydrogens (tertiary/aromatic N) is 3. The van der Waals surface area contributed by atoms with Gasteiger partial charge in [-0.25, -0.2) is 0 Å². The fraction of sp³-hybridized carbons (Fsp3) is 0.440. The minimum Gasteiger partial charge on any atom is -0.344 e. The highest BCUT2D eigenvalue weighted by atomic mass is 19.4. The highest BCUT2D eigenvalue weighted by molar-refractivity contribution is 5.96. The van der Waals surface area contributed by atoms with Gasteiger partial charge in [-0.1, -0.05) is 18.2 Å². The molecule has 33 heavy (non-hydrogen) atoms. The number of nitrogens with one attached hydrogen (secondary N) is 1. The molecule has 1 N–H and O–H groups in total. The number of carbonyl (C=O) groups is 1. The molecule has 2 heterocycles. The van der Waals surface area contributed by atoms with Gasteiger partial charge in [-0.2, -0.15) is 18.3 Å². The first-order valence-corrected chi connectivity index (χ1v) is 11.4. The van der Waals surface area contributed by atoms with Crippen LogP contribution in [0.2, 0.25) is 0 Å². The Bertz CT molecular complexity index is 1190. The zero-order valence-corrected chi connectivity index (χ0v) is 18.7. The topological polar surface area (TPSA) is 53.9 Å². The molecule has 0 aliphatic heterocycles. The molecule has 1 unspecified atom stereocenters. The Morgan fingerprint density at radius 3 is 2.67 bits per heavy atom. The van der Waals surface area contributed by atoms with Crippen LogP contribution in [-0.2, 0) is 25.6 Å². The van der Waals surface area contributed by atoms with E-state index in [1.165, 1.54) is 17.7 Å². The first kappa shape index (κ1) is 21.8. The number of H-pyrrole nitrogens is 1. The monoisotopic (exact) mass is 456 g/mol. The van der Waals surface area contributed by atoms with Gasteiger partial charge in [-0.05, 0) is 69.2 Å². The maximum absolute atomic E-state index is 13.8. The number of aromatic nitrogens is 3. The molecule has 5 rings (SSSR count). The van der Waals surface area contributed by atoms with E-state index >= 15 is 0 Å². The summed E-state index contributed by atoms with van der Waals surface area (Å²) in [7, 11) is 0. The summed E-state index contributed by atoms with van der Waals surface area (Å²) in [6.45, 7) is 3.75. The lowest BCUT2D eigenvalue weighted by atomic mass is 9.92. The number of hydrogen-bond donors (Lipinski definition) is 1. The minimum absolute atomic E-state index is 0.0158. The Kier molecular flexibility index (Phi) is 5.34. The first-order chi connectivity index (χ1) is 15.7. The number of amides is 1. The Morgan fingerprint density at radius 1 is 1.18 bits per heavy atom. The lowest BCUT2D eigenvalue weighted by Crippen LogP contribution is -2.45. The van der Waals surface area contributed by atoms with Gasteiger partial charge in [-0.15, -0.1) is 0 Å². The van der Waals surface area contributed by atoms with Crippen molar-refractivity contribution in [1.82, 2.24) is 19.7 Å². The summed E-state index contributed by atoms with van der Waals surface area (Å²) in [4.78, 5) is 15.8. The summed E-state index contributed by atoms with van der Waals surface area (Å²) in [5.74, 6) is -0.0158. The lowest BCUT2D eigenvalue weighted by molar-refractivity contribution is -0.138. The molecule has 0 bridgehead atoms. The summed E-state index contributed by atoms with van der Waals surface area (Å²) in [5.41, 5.74) is 3.95. The van der Waals surface area contributed by atoms with Gasteiger partial charge < -0.3 is 9.47 Å². The molecule has 1 aromatic carbocycles. The van der Waals surface area contributed by atoms with E-state index in [-0.39, 0.29) is 30.1 Å². The third-order valence-corrected chi connectivity index (χ3v) is 7.01. The molecule has 0 spiro atoms. The zero-order valence-electron chi connectivity index (χ0n) is 18.7. The maximum atomic E-state index is 13.8. The zero-order chi connectivity index (χ0) is 23.3. The van der Waals surface area contributed by atoms with Crippen LogP contribution in [0.1, 0.15) is 63.4 Å². The first-order valence-electron chi connectivity index (χ1n) is 11.4. The van der Waals surface area contributed by atoms with Gasteiger partial charge >= 0.3 is 6.18 Å². The second-order valence-electron chi connectivity index (χ2n) is 9.24. The maximum Gasteiger partial charge on any atom is 0.416 e. The molecule has 2 aromatic heterocycles. The molecule has 8 heteroatoms. The Hall–Kier alpha value is -3.03. The fourth-order valence-corrected chi connectivity index (χ4v) is 5.12. The van der Waals surface area contributed by atoms with Crippen molar-refractivity contribution in [3.8, 4) is 0 Å². The largest absolute Gasteiger partial charge is 0.416 e. The van der Waals surface area contributed by atoms with Crippen molar-refractivity contribution in [3.63, 3.8) is 0 Å². The molecule has 2 aliphatic rings. The van der Waals surface area contributed by atoms with E-state index in [2.05, 4.69) is 10.2 Å². The van der Waals surface area contributed by atoms with Crippen molar-refractivity contribution in [2.24, 2.45) is 0 Å². The van der Waals surface area contributed by atoms with Gasteiger partial charge in [0.2, 0.25) is 0 Å². The highest BCUT2D eigenvalue weighted by Gasteiger charge is 2.40. The van der Waals surface area contributed by atoms with Crippen LogP contribution in [-0.4, -0.2) is 37.7 Å². The molecular weight excluding hydrogens is 429 g/mol. The van der Waals surface area contributed by atoms with Crippen LogP contribution >= 0.6 is 0 Å². The van der Waals surface area contributed by atoms with Crippen LogP contribution < -0.4 is 0 Å². The van der Waals surface area contributed by atoms with Crippen molar-refractivity contribution in [1.29, 1.82) is 0 Å². The summed E-state index contributed by atoms with van der Waals surface area (Å²) in [6.07, 6.45) is 1.96. The van der Waals surface area contributed by atoms with Gasteiger partial charge in [0.25, 0.3) is 5.91 Å². The summed E-state index contributed by atoms with van der Waals surface area (Å²) in [6, 6.07) is 7.82. The summed E-state index contributed by atoms with van der Waals surface area (Å²) >= 11 is 0. The molecular formula is C25H27F3N4O. The average Bonchev–Trinajstić information content (AvgIpc) is 3.42. The van der Waals surface area contributed by atoms with E-state index in [0.717, 1.165) is 49.6 Å². The van der Waals surface area contributed by atoms with Crippen LogP contribution in [0.25, 0.3) is 0 Å². The number of alkyl halides is 3. The lowest BCUT2D eigenvalue weighted by Gasteiger charge is -2.34. The quantitative estimate of drug-likeness (QED) is 0.584.